The van der Waals surface area contributed by atoms with Crippen molar-refractivity contribution >= 4 is 8.32 Å². The number of hydrogen-bond acceptors (Lipinski definition) is 4. The fourth-order valence-electron chi connectivity index (χ4n) is 4.28. The lowest BCUT2D eigenvalue weighted by atomic mass is 9.87. The van der Waals surface area contributed by atoms with E-state index in [1.54, 1.807) is 0 Å². The Balaban J connectivity index is 2.05. The van der Waals surface area contributed by atoms with Crippen LogP contribution in [0.25, 0.3) is 0 Å². The highest BCUT2D eigenvalue weighted by Crippen LogP contribution is 2.44. The third-order valence-electron chi connectivity index (χ3n) is 6.62. The largest absolute Gasteiger partial charge is 0.413 e. The number of aliphatic hydroxyl groups excluding tert-OH is 1. The van der Waals surface area contributed by atoms with Crippen LogP contribution in [0.5, 0.6) is 0 Å². The zero-order chi connectivity index (χ0) is 20.8. The molecule has 2 rings (SSSR count). The Labute approximate surface area is 172 Å². The maximum absolute atomic E-state index is 9.66. The Bertz CT molecular complexity index is 569. The number of epoxide rings is 1. The van der Waals surface area contributed by atoms with Crippen molar-refractivity contribution < 1.29 is 19.0 Å². The summed E-state index contributed by atoms with van der Waals surface area (Å²) in [6, 6.07) is 13.7. The van der Waals surface area contributed by atoms with Gasteiger partial charge in [0, 0.05) is 11.8 Å². The van der Waals surface area contributed by atoms with E-state index in [0.29, 0.717) is 13.2 Å². The maximum atomic E-state index is 9.66. The molecule has 1 saturated heterocycles. The van der Waals surface area contributed by atoms with Crippen LogP contribution in [-0.2, 0) is 20.5 Å². The van der Waals surface area contributed by atoms with Gasteiger partial charge < -0.3 is 19.0 Å². The van der Waals surface area contributed by atoms with E-state index in [2.05, 4.69) is 46.8 Å². The van der Waals surface area contributed by atoms with Crippen molar-refractivity contribution in [2.24, 2.45) is 11.8 Å². The van der Waals surface area contributed by atoms with Crippen molar-refractivity contribution in [2.45, 2.75) is 84.1 Å². The summed E-state index contributed by atoms with van der Waals surface area (Å²) in [5.74, 6) is 0.492. The van der Waals surface area contributed by atoms with Crippen molar-refractivity contribution in [1.29, 1.82) is 0 Å². The second-order valence-electron chi connectivity index (χ2n) is 8.67. The number of rotatable bonds is 13. The lowest BCUT2D eigenvalue weighted by Crippen LogP contribution is -2.47. The molecule has 0 amide bonds. The van der Waals surface area contributed by atoms with Gasteiger partial charge in [-0.25, -0.2) is 0 Å². The summed E-state index contributed by atoms with van der Waals surface area (Å²) in [5.41, 5.74) is 0.776. The first kappa shape index (κ1) is 23.6. The summed E-state index contributed by atoms with van der Waals surface area (Å²) < 4.78 is 18.9. The van der Waals surface area contributed by atoms with E-state index in [1.165, 1.54) is 5.56 Å². The normalized spacial score (nSPS) is 25.3. The van der Waals surface area contributed by atoms with Gasteiger partial charge in [0.1, 0.15) is 5.60 Å². The number of benzene rings is 1. The molecule has 5 heteroatoms. The lowest BCUT2D eigenvalue weighted by molar-refractivity contribution is 0.00583. The van der Waals surface area contributed by atoms with Crippen molar-refractivity contribution in [3.63, 3.8) is 0 Å². The molecule has 1 heterocycles. The first-order valence-corrected chi connectivity index (χ1v) is 13.5. The standard InChI is InChI=1S/C23H40O4Si/c1-7-28(8-2,9-3)27-21(19(5)22-23(6,17-24)26-22)18(4)15-25-16-20-13-11-10-12-14-20/h10-14,18-19,21-22,24H,7-9,15-17H2,1-6H3/t18-,19+,21-,22+,23+/m0/s1. The predicted molar refractivity (Wildman–Crippen MR) is 117 cm³/mol. The number of ether oxygens (including phenoxy) is 2. The van der Waals surface area contributed by atoms with Crippen LogP contribution in [0.2, 0.25) is 18.1 Å². The van der Waals surface area contributed by atoms with Crippen LogP contribution >= 0.6 is 0 Å². The van der Waals surface area contributed by atoms with E-state index in [-0.39, 0.29) is 30.7 Å². The van der Waals surface area contributed by atoms with Gasteiger partial charge >= 0.3 is 0 Å². The van der Waals surface area contributed by atoms with Gasteiger partial charge in [0.2, 0.25) is 0 Å². The molecule has 0 bridgehead atoms. The zero-order valence-electron chi connectivity index (χ0n) is 18.6. The molecule has 5 atom stereocenters. The molecule has 160 valence electrons. The van der Waals surface area contributed by atoms with Crippen molar-refractivity contribution in [1.82, 2.24) is 0 Å². The van der Waals surface area contributed by atoms with Gasteiger partial charge in [0.15, 0.2) is 8.32 Å². The minimum atomic E-state index is -1.76. The molecule has 0 unspecified atom stereocenters. The van der Waals surface area contributed by atoms with Crippen LogP contribution in [0.1, 0.15) is 47.1 Å². The topological polar surface area (TPSA) is 51.2 Å². The first-order valence-electron chi connectivity index (χ1n) is 10.9. The highest BCUT2D eigenvalue weighted by molar-refractivity contribution is 6.73. The Hall–Kier alpha value is -0.723. The van der Waals surface area contributed by atoms with Crippen LogP contribution in [0.4, 0.5) is 0 Å². The summed E-state index contributed by atoms with van der Waals surface area (Å²) in [6.45, 7) is 14.6. The monoisotopic (exact) mass is 408 g/mol. The van der Waals surface area contributed by atoms with E-state index < -0.39 is 13.9 Å². The third-order valence-corrected chi connectivity index (χ3v) is 11.3. The number of hydrogen-bond donors (Lipinski definition) is 1. The molecule has 4 nitrogen and oxygen atoms in total. The quantitative estimate of drug-likeness (QED) is 0.368. The lowest BCUT2D eigenvalue weighted by Gasteiger charge is -2.39. The second kappa shape index (κ2) is 10.3. The minimum absolute atomic E-state index is 0.0522. The molecule has 1 N–H and O–H groups in total. The third kappa shape index (κ3) is 5.67. The molecule has 1 fully saturated rings. The summed E-state index contributed by atoms with van der Waals surface area (Å²) in [7, 11) is -1.76. The zero-order valence-corrected chi connectivity index (χ0v) is 19.6. The van der Waals surface area contributed by atoms with Gasteiger partial charge in [-0.2, -0.15) is 0 Å². The highest BCUT2D eigenvalue weighted by atomic mass is 28.4. The Kier molecular flexibility index (Phi) is 8.71. The van der Waals surface area contributed by atoms with Crippen molar-refractivity contribution in [3.05, 3.63) is 35.9 Å². The van der Waals surface area contributed by atoms with Crippen molar-refractivity contribution in [3.8, 4) is 0 Å². The molecule has 0 spiro atoms. The molecule has 0 aliphatic carbocycles. The predicted octanol–water partition coefficient (Wildman–Crippen LogP) is 5.02. The van der Waals surface area contributed by atoms with Gasteiger partial charge in [-0.1, -0.05) is 65.0 Å². The molecule has 0 aromatic heterocycles. The van der Waals surface area contributed by atoms with Gasteiger partial charge in [0.25, 0.3) is 0 Å². The fraction of sp³-hybridized carbons (Fsp3) is 0.739. The molecule has 1 aromatic rings. The fourth-order valence-corrected chi connectivity index (χ4v) is 7.31. The smallest absolute Gasteiger partial charge is 0.192 e. The summed E-state index contributed by atoms with van der Waals surface area (Å²) in [6.07, 6.45) is 0.136. The summed E-state index contributed by atoms with van der Waals surface area (Å²) in [5, 5.41) is 9.66. The van der Waals surface area contributed by atoms with Crippen LogP contribution in [-0.4, -0.2) is 44.4 Å². The average Bonchev–Trinajstić information content (AvgIpc) is 3.42. The number of aliphatic hydroxyl groups is 1. The molecular weight excluding hydrogens is 368 g/mol. The molecule has 28 heavy (non-hydrogen) atoms. The van der Waals surface area contributed by atoms with Crippen LogP contribution < -0.4 is 0 Å². The van der Waals surface area contributed by atoms with Crippen LogP contribution in [0, 0.1) is 11.8 Å². The molecule has 1 aliphatic rings. The molecule has 1 aliphatic heterocycles. The highest BCUT2D eigenvalue weighted by Gasteiger charge is 2.57. The Morgan fingerprint density at radius 2 is 1.71 bits per heavy atom. The van der Waals surface area contributed by atoms with E-state index >= 15 is 0 Å². The van der Waals surface area contributed by atoms with E-state index in [1.807, 2.05) is 25.1 Å². The molecule has 0 saturated carbocycles. The van der Waals surface area contributed by atoms with Gasteiger partial charge in [0.05, 0.1) is 32.0 Å². The van der Waals surface area contributed by atoms with Gasteiger partial charge in [-0.05, 0) is 30.6 Å². The maximum Gasteiger partial charge on any atom is 0.192 e. The van der Waals surface area contributed by atoms with Crippen LogP contribution in [0.3, 0.4) is 0 Å². The summed E-state index contributed by atoms with van der Waals surface area (Å²) >= 11 is 0. The molecule has 1 aromatic carbocycles. The van der Waals surface area contributed by atoms with E-state index in [9.17, 15) is 5.11 Å². The van der Waals surface area contributed by atoms with Crippen LogP contribution in [0.15, 0.2) is 30.3 Å². The Morgan fingerprint density at radius 1 is 1.11 bits per heavy atom. The SMILES string of the molecule is CC[Si](CC)(CC)O[C@H]([C@@H](C)[C@H]1O[C@]1(C)CO)[C@@H](C)COCc1ccccc1. The van der Waals surface area contributed by atoms with Crippen molar-refractivity contribution in [2.75, 3.05) is 13.2 Å². The van der Waals surface area contributed by atoms with Gasteiger partial charge in [-0.15, -0.1) is 0 Å². The molecular formula is C23H40O4Si. The summed E-state index contributed by atoms with van der Waals surface area (Å²) in [4.78, 5) is 0. The minimum Gasteiger partial charge on any atom is -0.413 e. The average molecular weight is 409 g/mol. The van der Waals surface area contributed by atoms with E-state index in [0.717, 1.165) is 18.1 Å². The molecule has 0 radical (unpaired) electrons. The first-order chi connectivity index (χ1) is 13.3. The Morgan fingerprint density at radius 3 is 2.21 bits per heavy atom. The second-order valence-corrected chi connectivity index (χ2v) is 13.4. The van der Waals surface area contributed by atoms with Gasteiger partial charge in [-0.3, -0.25) is 0 Å². The van der Waals surface area contributed by atoms with E-state index in [4.69, 9.17) is 13.9 Å².